The first-order valence-electron chi connectivity index (χ1n) is 6.61. The third-order valence-electron chi connectivity index (χ3n) is 4.00. The van der Waals surface area contributed by atoms with Gasteiger partial charge in [0.25, 0.3) is 0 Å². The fourth-order valence-electron chi connectivity index (χ4n) is 2.54. The smallest absolute Gasteiger partial charge is 0.311 e. The quantitative estimate of drug-likeness (QED) is 0.901. The molecular weight excluding hydrogens is 262 g/mol. The highest BCUT2D eigenvalue weighted by Crippen LogP contribution is 2.34. The third kappa shape index (κ3) is 2.97. The molecule has 0 radical (unpaired) electrons. The number of carbonyl (C=O) groups excluding carboxylic acids is 1. The molecule has 0 spiro atoms. The van der Waals surface area contributed by atoms with Crippen molar-refractivity contribution in [2.24, 2.45) is 5.41 Å². The molecule has 0 aliphatic carbocycles. The lowest BCUT2D eigenvalue weighted by atomic mass is 9.84. The molecule has 1 N–H and O–H groups in total. The number of carbonyl (C=O) groups is 2. The van der Waals surface area contributed by atoms with E-state index in [0.717, 1.165) is 6.42 Å². The molecule has 2 rings (SSSR count). The van der Waals surface area contributed by atoms with Crippen molar-refractivity contribution in [2.45, 2.75) is 32.6 Å². The lowest BCUT2D eigenvalue weighted by Crippen LogP contribution is -2.36. The summed E-state index contributed by atoms with van der Waals surface area (Å²) in [5, 5.41) is 11.3. The first-order valence-corrected chi connectivity index (χ1v) is 7.49. The molecule has 19 heavy (non-hydrogen) atoms. The average molecular weight is 281 g/mol. The molecule has 1 unspecified atom stereocenters. The first-order chi connectivity index (χ1) is 9.07. The van der Waals surface area contributed by atoms with Gasteiger partial charge in [-0.2, -0.15) is 0 Å². The van der Waals surface area contributed by atoms with Crippen molar-refractivity contribution in [2.75, 3.05) is 13.1 Å². The van der Waals surface area contributed by atoms with Gasteiger partial charge in [0.05, 0.1) is 5.41 Å². The molecule has 1 saturated heterocycles. The van der Waals surface area contributed by atoms with Crippen molar-refractivity contribution in [3.05, 3.63) is 22.4 Å². The number of carboxylic acids is 1. The summed E-state index contributed by atoms with van der Waals surface area (Å²) in [6.45, 7) is 2.82. The largest absolute Gasteiger partial charge is 0.481 e. The molecule has 4 nitrogen and oxygen atoms in total. The highest BCUT2D eigenvalue weighted by molar-refractivity contribution is 7.09. The van der Waals surface area contributed by atoms with Gasteiger partial charge in [0, 0.05) is 24.4 Å². The Labute approximate surface area is 117 Å². The molecule has 0 saturated carbocycles. The molecule has 1 aliphatic heterocycles. The number of amides is 1. The zero-order valence-electron chi connectivity index (χ0n) is 11.1. The Morgan fingerprint density at radius 2 is 2.32 bits per heavy atom. The number of aryl methyl sites for hydroxylation is 1. The number of hydrogen-bond donors (Lipinski definition) is 1. The van der Waals surface area contributed by atoms with Crippen LogP contribution in [-0.4, -0.2) is 35.0 Å². The van der Waals surface area contributed by atoms with Crippen molar-refractivity contribution in [1.29, 1.82) is 0 Å². The van der Waals surface area contributed by atoms with E-state index < -0.39 is 11.4 Å². The van der Waals surface area contributed by atoms with Crippen LogP contribution < -0.4 is 0 Å². The number of thiophene rings is 1. The number of rotatable bonds is 5. The van der Waals surface area contributed by atoms with Gasteiger partial charge in [-0.1, -0.05) is 13.0 Å². The predicted molar refractivity (Wildman–Crippen MR) is 74.2 cm³/mol. The predicted octanol–water partition coefficient (Wildman–Crippen LogP) is 2.39. The fraction of sp³-hybridized carbons (Fsp3) is 0.571. The van der Waals surface area contributed by atoms with Gasteiger partial charge in [0.15, 0.2) is 0 Å². The fourth-order valence-corrected chi connectivity index (χ4v) is 3.25. The third-order valence-corrected chi connectivity index (χ3v) is 4.94. The second-order valence-electron chi connectivity index (χ2n) is 5.08. The highest BCUT2D eigenvalue weighted by Gasteiger charge is 2.44. The van der Waals surface area contributed by atoms with Crippen LogP contribution in [0, 0.1) is 5.41 Å². The number of nitrogens with zero attached hydrogens (tertiary/aromatic N) is 1. The molecule has 1 atom stereocenters. The lowest BCUT2D eigenvalue weighted by molar-refractivity contribution is -0.148. The van der Waals surface area contributed by atoms with Crippen molar-refractivity contribution in [1.82, 2.24) is 4.90 Å². The summed E-state index contributed by atoms with van der Waals surface area (Å²) in [5.41, 5.74) is -0.724. The molecule has 0 bridgehead atoms. The molecule has 2 heterocycles. The zero-order valence-corrected chi connectivity index (χ0v) is 11.9. The average Bonchev–Trinajstić information content (AvgIpc) is 3.05. The van der Waals surface area contributed by atoms with Crippen molar-refractivity contribution in [3.8, 4) is 0 Å². The van der Waals surface area contributed by atoms with E-state index in [0.29, 0.717) is 32.4 Å². The summed E-state index contributed by atoms with van der Waals surface area (Å²) in [5.74, 6) is -0.700. The summed E-state index contributed by atoms with van der Waals surface area (Å²) >= 11 is 1.65. The van der Waals surface area contributed by atoms with E-state index in [-0.39, 0.29) is 5.91 Å². The second-order valence-corrected chi connectivity index (χ2v) is 6.12. The van der Waals surface area contributed by atoms with E-state index in [1.165, 1.54) is 4.88 Å². The van der Waals surface area contributed by atoms with E-state index in [9.17, 15) is 14.7 Å². The van der Waals surface area contributed by atoms with Gasteiger partial charge in [0.1, 0.15) is 0 Å². The topological polar surface area (TPSA) is 57.6 Å². The Morgan fingerprint density at radius 3 is 2.84 bits per heavy atom. The SMILES string of the molecule is CCC1(C(=O)O)CCN(C(=O)CCc2cccs2)C1. The zero-order chi connectivity index (χ0) is 13.9. The molecular formula is C14H19NO3S. The minimum absolute atomic E-state index is 0.0741. The number of carboxylic acid groups (broad SMARTS) is 1. The molecule has 104 valence electrons. The van der Waals surface area contributed by atoms with Gasteiger partial charge in [0.2, 0.25) is 5.91 Å². The van der Waals surface area contributed by atoms with E-state index in [1.807, 2.05) is 24.4 Å². The van der Waals surface area contributed by atoms with Crippen molar-refractivity contribution < 1.29 is 14.7 Å². The molecule has 1 aromatic heterocycles. The maximum absolute atomic E-state index is 12.1. The van der Waals surface area contributed by atoms with Gasteiger partial charge in [-0.05, 0) is 30.7 Å². The summed E-state index contributed by atoms with van der Waals surface area (Å²) in [6.07, 6.45) is 2.37. The summed E-state index contributed by atoms with van der Waals surface area (Å²) < 4.78 is 0. The van der Waals surface area contributed by atoms with Gasteiger partial charge in [-0.15, -0.1) is 11.3 Å². The van der Waals surface area contributed by atoms with Crippen LogP contribution in [0.2, 0.25) is 0 Å². The molecule has 5 heteroatoms. The van der Waals surface area contributed by atoms with E-state index in [1.54, 1.807) is 16.2 Å². The van der Waals surface area contributed by atoms with E-state index in [4.69, 9.17) is 0 Å². The summed E-state index contributed by atoms with van der Waals surface area (Å²) in [4.78, 5) is 26.4. The van der Waals surface area contributed by atoms with Crippen LogP contribution in [0.5, 0.6) is 0 Å². The summed E-state index contributed by atoms with van der Waals surface area (Å²) in [7, 11) is 0. The molecule has 1 aromatic rings. The molecule has 0 aromatic carbocycles. The van der Waals surface area contributed by atoms with Crippen LogP contribution in [0.15, 0.2) is 17.5 Å². The minimum Gasteiger partial charge on any atom is -0.481 e. The first kappa shape index (κ1) is 14.1. The van der Waals surface area contributed by atoms with Gasteiger partial charge < -0.3 is 10.0 Å². The Morgan fingerprint density at radius 1 is 1.53 bits per heavy atom. The monoisotopic (exact) mass is 281 g/mol. The van der Waals surface area contributed by atoms with E-state index >= 15 is 0 Å². The van der Waals surface area contributed by atoms with E-state index in [2.05, 4.69) is 0 Å². The maximum atomic E-state index is 12.1. The number of likely N-dealkylation sites (tertiary alicyclic amines) is 1. The van der Waals surface area contributed by atoms with Crippen LogP contribution in [-0.2, 0) is 16.0 Å². The number of aliphatic carboxylic acids is 1. The Kier molecular flexibility index (Phi) is 4.24. The van der Waals surface area contributed by atoms with Crippen molar-refractivity contribution >= 4 is 23.2 Å². The molecule has 1 aliphatic rings. The van der Waals surface area contributed by atoms with Gasteiger partial charge in [-0.3, -0.25) is 9.59 Å². The van der Waals surface area contributed by atoms with Crippen LogP contribution in [0.25, 0.3) is 0 Å². The van der Waals surface area contributed by atoms with Crippen LogP contribution >= 0.6 is 11.3 Å². The normalized spacial score (nSPS) is 22.7. The summed E-state index contributed by atoms with van der Waals surface area (Å²) in [6, 6.07) is 4.00. The van der Waals surface area contributed by atoms with Gasteiger partial charge in [-0.25, -0.2) is 0 Å². The highest BCUT2D eigenvalue weighted by atomic mass is 32.1. The standard InChI is InChI=1S/C14H19NO3S/c1-2-14(13(17)18)7-8-15(10-14)12(16)6-5-11-4-3-9-19-11/h3-4,9H,2,5-8,10H2,1H3,(H,17,18). The van der Waals surface area contributed by atoms with Crippen molar-refractivity contribution in [3.63, 3.8) is 0 Å². The maximum Gasteiger partial charge on any atom is 0.311 e. The lowest BCUT2D eigenvalue weighted by Gasteiger charge is -2.23. The Bertz CT molecular complexity index is 457. The Balaban J connectivity index is 1.89. The van der Waals surface area contributed by atoms with Crippen LogP contribution in [0.4, 0.5) is 0 Å². The van der Waals surface area contributed by atoms with Crippen LogP contribution in [0.1, 0.15) is 31.1 Å². The number of hydrogen-bond acceptors (Lipinski definition) is 3. The molecule has 1 fully saturated rings. The van der Waals surface area contributed by atoms with Gasteiger partial charge >= 0.3 is 5.97 Å². The van der Waals surface area contributed by atoms with Crippen LogP contribution in [0.3, 0.4) is 0 Å². The Hall–Kier alpha value is -1.36. The second kappa shape index (κ2) is 5.74. The molecule has 1 amide bonds. The minimum atomic E-state index is -0.774.